The highest BCUT2D eigenvalue weighted by Crippen LogP contribution is 2.36. The van der Waals surface area contributed by atoms with Crippen LogP contribution < -0.4 is 10.0 Å². The van der Waals surface area contributed by atoms with E-state index in [4.69, 9.17) is 21.1 Å². The van der Waals surface area contributed by atoms with Crippen molar-refractivity contribution in [1.82, 2.24) is 4.72 Å². The molecule has 2 N–H and O–H groups in total. The SMILES string of the molecule is CNc1cc(Cl)cc(C(C)OCc2ccccc2)c1S(=O)(=O)N[C@H](C(=O)OC(C)(C)C)C(C)c1c(F)ccc(C)c1C. The Morgan fingerprint density at radius 1 is 1.05 bits per heavy atom. The van der Waals surface area contributed by atoms with Crippen LogP contribution in [0.4, 0.5) is 10.1 Å². The Morgan fingerprint density at radius 3 is 2.29 bits per heavy atom. The number of ether oxygens (including phenoxy) is 2. The average Bonchev–Trinajstić information content (AvgIpc) is 2.91. The van der Waals surface area contributed by atoms with Crippen LogP contribution in [0.15, 0.2) is 59.5 Å². The van der Waals surface area contributed by atoms with Crippen LogP contribution in [0.2, 0.25) is 5.02 Å². The van der Waals surface area contributed by atoms with E-state index in [0.29, 0.717) is 16.1 Å². The summed E-state index contributed by atoms with van der Waals surface area (Å²) in [6, 6.07) is 14.0. The second-order valence-electron chi connectivity index (χ2n) is 11.4. The van der Waals surface area contributed by atoms with E-state index in [9.17, 15) is 13.2 Å². The number of sulfonamides is 1. The van der Waals surface area contributed by atoms with Crippen LogP contribution in [0.1, 0.15) is 74.5 Å². The molecule has 3 aromatic rings. The molecule has 0 aromatic heterocycles. The topological polar surface area (TPSA) is 93.7 Å². The maximum Gasteiger partial charge on any atom is 0.325 e. The zero-order valence-corrected chi connectivity index (χ0v) is 26.9. The van der Waals surface area contributed by atoms with Crippen LogP contribution in [0.25, 0.3) is 0 Å². The molecule has 7 nitrogen and oxygen atoms in total. The fourth-order valence-corrected chi connectivity index (χ4v) is 6.73. The van der Waals surface area contributed by atoms with E-state index in [-0.39, 0.29) is 22.8 Å². The predicted octanol–water partition coefficient (Wildman–Crippen LogP) is 7.21. The molecule has 0 spiro atoms. The van der Waals surface area contributed by atoms with Crippen molar-refractivity contribution in [1.29, 1.82) is 0 Å². The van der Waals surface area contributed by atoms with E-state index in [1.165, 1.54) is 18.2 Å². The molecule has 0 saturated heterocycles. The van der Waals surface area contributed by atoms with E-state index in [1.807, 2.05) is 37.3 Å². The third kappa shape index (κ3) is 8.10. The summed E-state index contributed by atoms with van der Waals surface area (Å²) in [4.78, 5) is 13.4. The van der Waals surface area contributed by atoms with Gasteiger partial charge in [-0.2, -0.15) is 4.72 Å². The highest BCUT2D eigenvalue weighted by molar-refractivity contribution is 7.89. The van der Waals surface area contributed by atoms with Crippen molar-refractivity contribution >= 4 is 33.3 Å². The minimum absolute atomic E-state index is 0.128. The standard InChI is InChI=1S/C32H40ClFN2O5S/c1-19-14-15-26(34)28(20(19)2)21(3)29(31(37)41-32(5,6)7)36-42(38,39)30-25(16-24(33)17-27(30)35-8)22(4)40-18-23-12-10-9-11-13-23/h9-17,21-22,29,35-36H,18H2,1-8H3/t21?,22?,29-/m0/s1. The summed E-state index contributed by atoms with van der Waals surface area (Å²) < 4.78 is 57.9. The fourth-order valence-electron chi connectivity index (χ4n) is 4.76. The number of carbonyl (C=O) groups excluding carboxylic acids is 1. The quantitative estimate of drug-likeness (QED) is 0.221. The number of halogens is 2. The Balaban J connectivity index is 2.11. The van der Waals surface area contributed by atoms with Gasteiger partial charge in [-0.25, -0.2) is 12.8 Å². The van der Waals surface area contributed by atoms with Gasteiger partial charge in [0.1, 0.15) is 22.4 Å². The molecular formula is C32H40ClFN2O5S. The Bertz CT molecular complexity index is 1520. The summed E-state index contributed by atoms with van der Waals surface area (Å²) in [6.45, 7) is 12.2. The van der Waals surface area contributed by atoms with Gasteiger partial charge in [-0.05, 0) is 82.0 Å². The number of hydrogen-bond donors (Lipinski definition) is 2. The van der Waals surface area contributed by atoms with Gasteiger partial charge in [-0.1, -0.05) is 54.9 Å². The molecule has 0 saturated carbocycles. The Morgan fingerprint density at radius 2 is 1.69 bits per heavy atom. The number of aryl methyl sites for hydroxylation is 1. The number of benzene rings is 3. The van der Waals surface area contributed by atoms with Crippen molar-refractivity contribution in [2.45, 2.75) is 83.6 Å². The maximum absolute atomic E-state index is 15.2. The number of carbonyl (C=O) groups is 1. The molecule has 0 aliphatic carbocycles. The van der Waals surface area contributed by atoms with Crippen LogP contribution in [-0.2, 0) is 30.9 Å². The summed E-state index contributed by atoms with van der Waals surface area (Å²) >= 11 is 6.39. The predicted molar refractivity (Wildman–Crippen MR) is 165 cm³/mol. The molecule has 2 unspecified atom stereocenters. The molecule has 0 fully saturated rings. The van der Waals surface area contributed by atoms with Crippen molar-refractivity contribution in [3.05, 3.63) is 93.3 Å². The molecule has 42 heavy (non-hydrogen) atoms. The number of esters is 1. The van der Waals surface area contributed by atoms with Gasteiger partial charge < -0.3 is 14.8 Å². The summed E-state index contributed by atoms with van der Waals surface area (Å²) in [5.74, 6) is -2.27. The van der Waals surface area contributed by atoms with Crippen molar-refractivity contribution < 1.29 is 27.1 Å². The van der Waals surface area contributed by atoms with Crippen molar-refractivity contribution in [3.8, 4) is 0 Å². The maximum atomic E-state index is 15.2. The highest BCUT2D eigenvalue weighted by Gasteiger charge is 2.38. The lowest BCUT2D eigenvalue weighted by molar-refractivity contribution is -0.157. The van der Waals surface area contributed by atoms with Gasteiger partial charge in [-0.3, -0.25) is 4.79 Å². The Labute approximate surface area is 253 Å². The number of hydrogen-bond acceptors (Lipinski definition) is 6. The molecular weight excluding hydrogens is 579 g/mol. The van der Waals surface area contributed by atoms with Gasteiger partial charge in [0.2, 0.25) is 10.0 Å². The lowest BCUT2D eigenvalue weighted by Gasteiger charge is -2.30. The monoisotopic (exact) mass is 618 g/mol. The molecule has 0 radical (unpaired) electrons. The summed E-state index contributed by atoms with van der Waals surface area (Å²) in [7, 11) is -2.87. The van der Waals surface area contributed by atoms with Gasteiger partial charge in [-0.15, -0.1) is 0 Å². The van der Waals surface area contributed by atoms with E-state index in [1.54, 1.807) is 54.7 Å². The lowest BCUT2D eigenvalue weighted by Crippen LogP contribution is -2.47. The average molecular weight is 619 g/mol. The summed E-state index contributed by atoms with van der Waals surface area (Å²) in [5, 5.41) is 3.21. The Hall–Kier alpha value is -2.98. The van der Waals surface area contributed by atoms with E-state index < -0.39 is 45.5 Å². The number of rotatable bonds is 11. The number of nitrogens with one attached hydrogen (secondary N) is 2. The molecule has 0 amide bonds. The van der Waals surface area contributed by atoms with Crippen LogP contribution in [0, 0.1) is 19.7 Å². The number of anilines is 1. The first-order chi connectivity index (χ1) is 19.6. The van der Waals surface area contributed by atoms with Crippen LogP contribution in [0.3, 0.4) is 0 Å². The van der Waals surface area contributed by atoms with Gasteiger partial charge in [0.25, 0.3) is 0 Å². The summed E-state index contributed by atoms with van der Waals surface area (Å²) in [6.07, 6.45) is -0.698. The van der Waals surface area contributed by atoms with E-state index in [0.717, 1.165) is 11.1 Å². The molecule has 228 valence electrons. The second-order valence-corrected chi connectivity index (χ2v) is 13.5. The largest absolute Gasteiger partial charge is 0.459 e. The molecule has 3 aromatic carbocycles. The first-order valence-corrected chi connectivity index (χ1v) is 15.6. The minimum atomic E-state index is -4.44. The molecule has 0 aliphatic rings. The molecule has 3 rings (SSSR count). The van der Waals surface area contributed by atoms with Crippen LogP contribution in [0.5, 0.6) is 0 Å². The second kappa shape index (κ2) is 13.5. The zero-order chi connectivity index (χ0) is 31.4. The van der Waals surface area contributed by atoms with Gasteiger partial charge in [0, 0.05) is 23.6 Å². The molecule has 3 atom stereocenters. The third-order valence-corrected chi connectivity index (χ3v) is 8.81. The van der Waals surface area contributed by atoms with E-state index in [2.05, 4.69) is 10.0 Å². The Kier molecular flexibility index (Phi) is 10.8. The summed E-state index contributed by atoms with van der Waals surface area (Å²) in [5.41, 5.74) is 2.18. The van der Waals surface area contributed by atoms with Crippen LogP contribution >= 0.6 is 11.6 Å². The molecule has 10 heteroatoms. The van der Waals surface area contributed by atoms with Gasteiger partial charge >= 0.3 is 5.97 Å². The van der Waals surface area contributed by atoms with Crippen molar-refractivity contribution in [2.75, 3.05) is 12.4 Å². The smallest absolute Gasteiger partial charge is 0.325 e. The highest BCUT2D eigenvalue weighted by atomic mass is 35.5. The first-order valence-electron chi connectivity index (χ1n) is 13.7. The van der Waals surface area contributed by atoms with Gasteiger partial charge in [0.15, 0.2) is 0 Å². The molecule has 0 bridgehead atoms. The van der Waals surface area contributed by atoms with Crippen LogP contribution in [-0.4, -0.2) is 33.1 Å². The van der Waals surface area contributed by atoms with Crippen molar-refractivity contribution in [2.24, 2.45) is 0 Å². The fraction of sp³-hybridized carbons (Fsp3) is 0.406. The normalized spacial score (nSPS) is 14.2. The third-order valence-electron chi connectivity index (χ3n) is 7.03. The van der Waals surface area contributed by atoms with Crippen molar-refractivity contribution in [3.63, 3.8) is 0 Å². The molecule has 0 heterocycles. The molecule has 0 aliphatic heterocycles. The minimum Gasteiger partial charge on any atom is -0.459 e. The van der Waals surface area contributed by atoms with Gasteiger partial charge in [0.05, 0.1) is 18.4 Å². The van der Waals surface area contributed by atoms with E-state index >= 15 is 4.39 Å². The zero-order valence-electron chi connectivity index (χ0n) is 25.3. The first kappa shape index (κ1) is 33.5. The lowest BCUT2D eigenvalue weighted by atomic mass is 9.88.